The van der Waals surface area contributed by atoms with Gasteiger partial charge in [-0.2, -0.15) is 0 Å². The van der Waals surface area contributed by atoms with Gasteiger partial charge in [-0.05, 0) is 37.4 Å². The van der Waals surface area contributed by atoms with Crippen molar-refractivity contribution < 1.29 is 0 Å². The van der Waals surface area contributed by atoms with Crippen LogP contribution in [0.2, 0.25) is 0 Å². The van der Waals surface area contributed by atoms with Crippen LogP contribution in [0.3, 0.4) is 0 Å². The molecule has 0 saturated carbocycles. The first-order valence-corrected chi connectivity index (χ1v) is 6.28. The summed E-state index contributed by atoms with van der Waals surface area (Å²) in [5.41, 5.74) is 0. The summed E-state index contributed by atoms with van der Waals surface area (Å²) in [6, 6.07) is 4.38. The van der Waals surface area contributed by atoms with Crippen LogP contribution in [0.25, 0.3) is 0 Å². The van der Waals surface area contributed by atoms with Gasteiger partial charge in [-0.1, -0.05) is 6.07 Å². The fraction of sp³-hybridized carbons (Fsp3) is 0.636. The second-order valence-corrected chi connectivity index (χ2v) is 4.81. The highest BCUT2D eigenvalue weighted by Gasteiger charge is 2.07. The molecule has 0 spiro atoms. The third-order valence-electron chi connectivity index (χ3n) is 2.69. The van der Waals surface area contributed by atoms with Crippen LogP contribution in [0.15, 0.2) is 17.5 Å². The Kier molecular flexibility index (Phi) is 3.98. The molecule has 0 unspecified atom stereocenters. The van der Waals surface area contributed by atoms with Crippen molar-refractivity contribution in [2.45, 2.75) is 12.8 Å². The van der Waals surface area contributed by atoms with Gasteiger partial charge < -0.3 is 10.2 Å². The lowest BCUT2D eigenvalue weighted by Crippen LogP contribution is -2.29. The Morgan fingerprint density at radius 1 is 1.36 bits per heavy atom. The average molecular weight is 210 g/mol. The minimum Gasteiger partial charge on any atom is -0.315 e. The van der Waals surface area contributed by atoms with Crippen molar-refractivity contribution in [3.8, 4) is 0 Å². The van der Waals surface area contributed by atoms with Crippen molar-refractivity contribution in [3.05, 3.63) is 22.4 Å². The van der Waals surface area contributed by atoms with Crippen molar-refractivity contribution in [3.63, 3.8) is 0 Å². The van der Waals surface area contributed by atoms with Crippen molar-refractivity contribution in [2.75, 3.05) is 32.7 Å². The molecule has 0 aliphatic carbocycles. The predicted molar refractivity (Wildman–Crippen MR) is 61.9 cm³/mol. The van der Waals surface area contributed by atoms with Gasteiger partial charge in [0.2, 0.25) is 0 Å². The molecule has 14 heavy (non-hydrogen) atoms. The monoisotopic (exact) mass is 210 g/mol. The molecule has 0 aromatic carbocycles. The van der Waals surface area contributed by atoms with Gasteiger partial charge in [0.1, 0.15) is 0 Å². The van der Waals surface area contributed by atoms with E-state index in [9.17, 15) is 0 Å². The van der Waals surface area contributed by atoms with Gasteiger partial charge in [0.15, 0.2) is 0 Å². The Balaban J connectivity index is 1.73. The zero-order chi connectivity index (χ0) is 9.64. The maximum Gasteiger partial charge on any atom is 0.0107 e. The molecule has 2 heterocycles. The van der Waals surface area contributed by atoms with E-state index in [-0.39, 0.29) is 0 Å². The van der Waals surface area contributed by atoms with Crippen molar-refractivity contribution in [1.29, 1.82) is 0 Å². The first kappa shape index (κ1) is 10.1. The smallest absolute Gasteiger partial charge is 0.0107 e. The minimum atomic E-state index is 1.16. The van der Waals surface area contributed by atoms with E-state index in [1.807, 2.05) is 11.3 Å². The molecule has 0 amide bonds. The number of thiophene rings is 1. The fourth-order valence-corrected chi connectivity index (χ4v) is 2.55. The summed E-state index contributed by atoms with van der Waals surface area (Å²) in [6.07, 6.45) is 2.52. The lowest BCUT2D eigenvalue weighted by molar-refractivity contribution is 0.297. The molecule has 1 aromatic heterocycles. The van der Waals surface area contributed by atoms with E-state index in [0.29, 0.717) is 0 Å². The number of hydrogen-bond donors (Lipinski definition) is 1. The van der Waals surface area contributed by atoms with E-state index in [4.69, 9.17) is 0 Å². The molecule has 1 saturated heterocycles. The Hall–Kier alpha value is -0.380. The molecular weight excluding hydrogens is 192 g/mol. The van der Waals surface area contributed by atoms with E-state index in [1.165, 1.54) is 43.9 Å². The highest BCUT2D eigenvalue weighted by atomic mass is 32.1. The second kappa shape index (κ2) is 5.49. The highest BCUT2D eigenvalue weighted by Crippen LogP contribution is 2.10. The van der Waals surface area contributed by atoms with Gasteiger partial charge in [0.05, 0.1) is 0 Å². The number of nitrogens with one attached hydrogen (secondary N) is 1. The molecule has 1 fully saturated rings. The molecule has 1 N–H and O–H groups in total. The highest BCUT2D eigenvalue weighted by molar-refractivity contribution is 7.09. The topological polar surface area (TPSA) is 15.3 Å². The maximum atomic E-state index is 3.43. The quantitative estimate of drug-likeness (QED) is 0.815. The first-order valence-electron chi connectivity index (χ1n) is 5.40. The predicted octanol–water partition coefficient (Wildman–Crippen LogP) is 1.59. The third kappa shape index (κ3) is 3.08. The molecule has 0 radical (unpaired) electrons. The van der Waals surface area contributed by atoms with Crippen LogP contribution in [0.5, 0.6) is 0 Å². The number of nitrogens with zero attached hydrogens (tertiary/aromatic N) is 1. The van der Waals surface area contributed by atoms with Gasteiger partial charge in [-0.25, -0.2) is 0 Å². The molecule has 0 atom stereocenters. The number of rotatable bonds is 3. The van der Waals surface area contributed by atoms with E-state index < -0.39 is 0 Å². The first-order chi connectivity index (χ1) is 6.95. The summed E-state index contributed by atoms with van der Waals surface area (Å²) in [6.45, 7) is 6.05. The zero-order valence-corrected chi connectivity index (χ0v) is 9.35. The van der Waals surface area contributed by atoms with Crippen molar-refractivity contribution in [2.24, 2.45) is 0 Å². The summed E-state index contributed by atoms with van der Waals surface area (Å²) in [4.78, 5) is 4.09. The lowest BCUT2D eigenvalue weighted by atomic mass is 10.3. The van der Waals surface area contributed by atoms with E-state index in [2.05, 4.69) is 27.7 Å². The minimum absolute atomic E-state index is 1.16. The van der Waals surface area contributed by atoms with Gasteiger partial charge in [-0.3, -0.25) is 0 Å². The molecule has 2 nitrogen and oxygen atoms in total. The largest absolute Gasteiger partial charge is 0.315 e. The van der Waals surface area contributed by atoms with Crippen molar-refractivity contribution in [1.82, 2.24) is 10.2 Å². The van der Waals surface area contributed by atoms with Crippen LogP contribution in [0, 0.1) is 0 Å². The fourth-order valence-electron chi connectivity index (χ4n) is 1.85. The SMILES string of the molecule is c1csc(CCN2CCCNCC2)c1. The normalized spacial score (nSPS) is 19.4. The van der Waals surface area contributed by atoms with Crippen LogP contribution in [0.4, 0.5) is 0 Å². The van der Waals surface area contributed by atoms with Crippen molar-refractivity contribution >= 4 is 11.3 Å². The van der Waals surface area contributed by atoms with E-state index >= 15 is 0 Å². The van der Waals surface area contributed by atoms with Gasteiger partial charge in [0.25, 0.3) is 0 Å². The molecule has 1 aliphatic heterocycles. The molecule has 1 aliphatic rings. The molecule has 0 bridgehead atoms. The van der Waals surface area contributed by atoms with Crippen LogP contribution in [0.1, 0.15) is 11.3 Å². The van der Waals surface area contributed by atoms with Gasteiger partial charge in [0, 0.05) is 24.5 Å². The zero-order valence-electron chi connectivity index (χ0n) is 8.54. The van der Waals surface area contributed by atoms with Crippen LogP contribution in [-0.2, 0) is 6.42 Å². The van der Waals surface area contributed by atoms with E-state index in [1.54, 1.807) is 0 Å². The lowest BCUT2D eigenvalue weighted by Gasteiger charge is -2.18. The van der Waals surface area contributed by atoms with Gasteiger partial charge >= 0.3 is 0 Å². The maximum absolute atomic E-state index is 3.43. The Bertz CT molecular complexity index is 238. The molecule has 2 rings (SSSR count). The molecular formula is C11H18N2S. The second-order valence-electron chi connectivity index (χ2n) is 3.77. The number of hydrogen-bond acceptors (Lipinski definition) is 3. The Morgan fingerprint density at radius 2 is 2.36 bits per heavy atom. The summed E-state index contributed by atoms with van der Waals surface area (Å²) < 4.78 is 0. The van der Waals surface area contributed by atoms with Crippen LogP contribution in [-0.4, -0.2) is 37.6 Å². The van der Waals surface area contributed by atoms with Crippen LogP contribution >= 0.6 is 11.3 Å². The molecule has 3 heteroatoms. The Morgan fingerprint density at radius 3 is 3.21 bits per heavy atom. The summed E-state index contributed by atoms with van der Waals surface area (Å²) in [5, 5.41) is 5.60. The van der Waals surface area contributed by atoms with Crippen LogP contribution < -0.4 is 5.32 Å². The third-order valence-corrected chi connectivity index (χ3v) is 3.62. The standard InChI is InChI=1S/C11H18N2S/c1-3-11(14-10-1)4-8-13-7-2-5-12-6-9-13/h1,3,10,12H,2,4-9H2. The molecule has 1 aromatic rings. The average Bonchev–Trinajstić information content (AvgIpc) is 2.58. The Labute approximate surface area is 89.9 Å². The van der Waals surface area contributed by atoms with E-state index in [0.717, 1.165) is 6.54 Å². The summed E-state index contributed by atoms with van der Waals surface area (Å²) >= 11 is 1.87. The molecule has 78 valence electrons. The van der Waals surface area contributed by atoms with Gasteiger partial charge in [-0.15, -0.1) is 11.3 Å². The summed E-state index contributed by atoms with van der Waals surface area (Å²) in [5.74, 6) is 0. The summed E-state index contributed by atoms with van der Waals surface area (Å²) in [7, 11) is 0.